The van der Waals surface area contributed by atoms with Crippen molar-refractivity contribution >= 4 is 40.0 Å². The lowest BCUT2D eigenvalue weighted by molar-refractivity contribution is -0.159. The van der Waals surface area contributed by atoms with Gasteiger partial charge in [-0.05, 0) is 94.3 Å². The Labute approximate surface area is 425 Å². The molecule has 17 nitrogen and oxygen atoms in total. The van der Waals surface area contributed by atoms with Crippen LogP contribution in [0.3, 0.4) is 0 Å². The topological polar surface area (TPSA) is 178 Å². The zero-order valence-electron chi connectivity index (χ0n) is 42.3. The minimum atomic E-state index is -1.02. The number of esters is 1. The Morgan fingerprint density at radius 2 is 1.90 bits per heavy atom. The van der Waals surface area contributed by atoms with Gasteiger partial charge in [-0.25, -0.2) is 20.4 Å². The lowest BCUT2D eigenvalue weighted by Gasteiger charge is -2.63. The Balaban J connectivity index is 1.04. The van der Waals surface area contributed by atoms with Crippen LogP contribution in [0.15, 0.2) is 60.5 Å². The minimum Gasteiger partial charge on any atom is -0.464 e. The van der Waals surface area contributed by atoms with Gasteiger partial charge < -0.3 is 28.8 Å². The van der Waals surface area contributed by atoms with E-state index in [0.717, 1.165) is 94.3 Å². The quantitative estimate of drug-likeness (QED) is 0.145. The van der Waals surface area contributed by atoms with Crippen molar-refractivity contribution in [1.29, 1.82) is 0 Å². The lowest BCUT2D eigenvalue weighted by Crippen LogP contribution is -2.77. The first-order valence-electron chi connectivity index (χ1n) is 25.9. The molecule has 1 spiro atoms. The number of methoxy groups -OCH3 is 1. The summed E-state index contributed by atoms with van der Waals surface area (Å²) in [6.07, 6.45) is 9.31. The van der Waals surface area contributed by atoms with Gasteiger partial charge >= 0.3 is 5.97 Å². The number of amides is 2. The number of nitrogens with zero attached hydrogens (tertiary/aromatic N) is 8. The Kier molecular flexibility index (Phi) is 13.6. The predicted octanol–water partition coefficient (Wildman–Crippen LogP) is 6.11. The van der Waals surface area contributed by atoms with Crippen LogP contribution in [0.1, 0.15) is 99.8 Å². The SMILES string of the molecule is CO[C@@H](C)c1ncccc1-c1c2c3cc(ccc3n1CCOC1CCOCC1)-c1csc(n1)[C@@H](N1CC3(CCN3C)C1)[C@H](NC(=O)[C@@H]1[C@@H](C)[C@H]1c1ccncn1)C(=O)N1CCC[C@H](N1)C(=O)OCC(C)(C)C2. The molecule has 5 aliphatic heterocycles. The van der Waals surface area contributed by atoms with Crippen LogP contribution in [0.2, 0.25) is 0 Å². The normalized spacial score (nSPS) is 27.2. The van der Waals surface area contributed by atoms with E-state index < -0.39 is 29.5 Å². The van der Waals surface area contributed by atoms with Gasteiger partial charge in [-0.3, -0.25) is 34.2 Å². The molecule has 1 aromatic carbocycles. The van der Waals surface area contributed by atoms with E-state index in [1.54, 1.807) is 18.3 Å². The smallest absolute Gasteiger partial charge is 0.324 e. The Morgan fingerprint density at radius 3 is 2.65 bits per heavy atom. The molecule has 72 heavy (non-hydrogen) atoms. The maximum Gasteiger partial charge on any atom is 0.324 e. The number of nitrogens with one attached hydrogen (secondary N) is 2. The number of rotatable bonds is 11. The van der Waals surface area contributed by atoms with Crippen molar-refractivity contribution in [3.05, 3.63) is 82.5 Å². The molecule has 6 bridgehead atoms. The second kappa shape index (κ2) is 19.9. The highest BCUT2D eigenvalue weighted by Crippen LogP contribution is 2.53. The molecule has 4 saturated heterocycles. The molecule has 6 aliphatic rings. The number of benzene rings is 1. The molecule has 0 radical (unpaired) electrons. The summed E-state index contributed by atoms with van der Waals surface area (Å²) in [7, 11) is 3.87. The number of fused-ring (bicyclic) bond motifs is 6. The molecular formula is C54H68N10O7S. The molecule has 5 fully saturated rings. The van der Waals surface area contributed by atoms with Crippen LogP contribution in [-0.2, 0) is 46.3 Å². The van der Waals surface area contributed by atoms with Crippen molar-refractivity contribution in [2.75, 3.05) is 66.8 Å². The number of hydrogen-bond donors (Lipinski definition) is 2. The van der Waals surface area contributed by atoms with Crippen molar-refractivity contribution in [1.82, 2.24) is 50.1 Å². The number of hydrogen-bond acceptors (Lipinski definition) is 15. The van der Waals surface area contributed by atoms with E-state index in [1.165, 1.54) is 17.7 Å². The molecule has 11 rings (SSSR count). The van der Waals surface area contributed by atoms with E-state index in [1.807, 2.05) is 25.3 Å². The number of aromatic nitrogens is 5. The summed E-state index contributed by atoms with van der Waals surface area (Å²) in [6, 6.07) is 10.2. The third-order valence-corrected chi connectivity index (χ3v) is 17.4. The van der Waals surface area contributed by atoms with Crippen molar-refractivity contribution in [2.45, 2.75) is 115 Å². The summed E-state index contributed by atoms with van der Waals surface area (Å²) < 4.78 is 26.8. The summed E-state index contributed by atoms with van der Waals surface area (Å²) in [6.45, 7) is 13.8. The molecule has 1 saturated carbocycles. The first-order valence-corrected chi connectivity index (χ1v) is 26.7. The van der Waals surface area contributed by atoms with Gasteiger partial charge in [0.15, 0.2) is 0 Å². The summed E-state index contributed by atoms with van der Waals surface area (Å²) in [5.74, 6) is -1.37. The number of cyclic esters (lactones) is 1. The van der Waals surface area contributed by atoms with E-state index in [2.05, 4.69) is 92.5 Å². The van der Waals surface area contributed by atoms with E-state index in [9.17, 15) is 9.59 Å². The molecule has 4 aromatic heterocycles. The largest absolute Gasteiger partial charge is 0.464 e. The molecule has 2 amide bonds. The predicted molar refractivity (Wildman–Crippen MR) is 271 cm³/mol. The number of carbonyl (C=O) groups excluding carboxylic acids is 3. The highest BCUT2D eigenvalue weighted by Gasteiger charge is 2.58. The molecule has 0 unspecified atom stereocenters. The van der Waals surface area contributed by atoms with E-state index >= 15 is 4.79 Å². The molecule has 1 aliphatic carbocycles. The second-order valence-corrected chi connectivity index (χ2v) is 22.7. The van der Waals surface area contributed by atoms with Gasteiger partial charge in [0.2, 0.25) is 5.91 Å². The number of likely N-dealkylation sites (tertiary alicyclic amines) is 2. The first kappa shape index (κ1) is 49.0. The van der Waals surface area contributed by atoms with Gasteiger partial charge in [0.05, 0.1) is 48.5 Å². The van der Waals surface area contributed by atoms with Crippen LogP contribution in [0.5, 0.6) is 0 Å². The molecule has 18 heteroatoms. The number of carbonyl (C=O) groups is 3. The first-order chi connectivity index (χ1) is 34.8. The van der Waals surface area contributed by atoms with E-state index in [0.29, 0.717) is 52.2 Å². The highest BCUT2D eigenvalue weighted by atomic mass is 32.1. The standard InChI is InChI=1S/C54H68N10O7S/c1-32-43(39-13-18-55-31-57-39)44(32)49(65)59-46-48(62-28-54(29-62)16-20-61(54)5)50-58-41(27-72-50)34-11-12-42-37(25-34)38(26-53(3,4)30-71-52(67)40-10-8-19-64(60-40)51(46)66)47(36-9-7-17-56-45(36)33(2)68-6)63(42)21-24-70-35-14-22-69-23-15-35/h7,9,11-13,17-18,25,27,31-33,35,40,43-44,46,48,60H,8,10,14-16,19-24,26,28-30H2,1-6H3,(H,59,65)/t32-,33-,40-,43-,44+,46-,48-/m0/s1. The van der Waals surface area contributed by atoms with Crippen molar-refractivity contribution < 1.29 is 33.3 Å². The molecule has 9 heterocycles. The number of ether oxygens (including phenoxy) is 4. The zero-order valence-corrected chi connectivity index (χ0v) is 43.2. The highest BCUT2D eigenvalue weighted by molar-refractivity contribution is 7.10. The summed E-state index contributed by atoms with van der Waals surface area (Å²) >= 11 is 1.52. The van der Waals surface area contributed by atoms with Crippen LogP contribution in [0.4, 0.5) is 0 Å². The van der Waals surface area contributed by atoms with Gasteiger partial charge in [-0.2, -0.15) is 0 Å². The van der Waals surface area contributed by atoms with Crippen LogP contribution >= 0.6 is 11.3 Å². The summed E-state index contributed by atoms with van der Waals surface area (Å²) in [5, 5.41) is 8.76. The molecule has 382 valence electrons. The average Bonchev–Trinajstić information content (AvgIpc) is 3.66. The van der Waals surface area contributed by atoms with Gasteiger partial charge in [-0.15, -0.1) is 11.3 Å². The molecule has 7 atom stereocenters. The van der Waals surface area contributed by atoms with Crippen LogP contribution in [-0.4, -0.2) is 148 Å². The van der Waals surface area contributed by atoms with Gasteiger partial charge in [0.25, 0.3) is 5.91 Å². The third kappa shape index (κ3) is 9.25. The fourth-order valence-electron chi connectivity index (χ4n) is 12.1. The van der Waals surface area contributed by atoms with Crippen molar-refractivity contribution in [3.8, 4) is 22.5 Å². The monoisotopic (exact) mass is 1000 g/mol. The minimum absolute atomic E-state index is 0.0101. The fourth-order valence-corrected chi connectivity index (χ4v) is 13.1. The van der Waals surface area contributed by atoms with Gasteiger partial charge in [0.1, 0.15) is 23.4 Å². The molecule has 2 N–H and O–H groups in total. The maximum atomic E-state index is 15.4. The Morgan fingerprint density at radius 1 is 1.07 bits per heavy atom. The van der Waals surface area contributed by atoms with Crippen molar-refractivity contribution in [3.63, 3.8) is 0 Å². The maximum absolute atomic E-state index is 15.4. The second-order valence-electron chi connectivity index (χ2n) is 21.8. The number of thiazole rings is 1. The number of hydrazine groups is 1. The zero-order chi connectivity index (χ0) is 49.9. The Bertz CT molecular complexity index is 2810. The fraction of sp³-hybridized carbons (Fsp3) is 0.574. The van der Waals surface area contributed by atoms with Gasteiger partial charge in [-0.1, -0.05) is 26.8 Å². The van der Waals surface area contributed by atoms with Crippen LogP contribution in [0.25, 0.3) is 33.4 Å². The van der Waals surface area contributed by atoms with Crippen LogP contribution in [0, 0.1) is 17.3 Å². The number of pyridine rings is 1. The summed E-state index contributed by atoms with van der Waals surface area (Å²) in [5.41, 5.74) is 10.3. The van der Waals surface area contributed by atoms with E-state index in [4.69, 9.17) is 28.9 Å². The van der Waals surface area contributed by atoms with E-state index in [-0.39, 0.29) is 53.9 Å². The third-order valence-electron chi connectivity index (χ3n) is 16.5. The number of likely N-dealkylation sites (N-methyl/N-ethyl adjacent to an activating group) is 1. The lowest BCUT2D eigenvalue weighted by atomic mass is 9.76. The van der Waals surface area contributed by atoms with Crippen molar-refractivity contribution in [2.24, 2.45) is 17.3 Å². The van der Waals surface area contributed by atoms with Gasteiger partial charge in [0, 0.05) is 121 Å². The summed E-state index contributed by atoms with van der Waals surface area (Å²) in [4.78, 5) is 68.0. The van der Waals surface area contributed by atoms with Crippen LogP contribution < -0.4 is 10.7 Å². The molecule has 5 aromatic rings. The average molecular weight is 1000 g/mol. The Hall–Kier alpha value is -5.21. The molecular weight excluding hydrogens is 933 g/mol.